The quantitative estimate of drug-likeness (QED) is 0.627. The monoisotopic (exact) mass is 367 g/mol. The van der Waals surface area contributed by atoms with Gasteiger partial charge in [-0.1, -0.05) is 18.2 Å². The Morgan fingerprint density at radius 1 is 1.15 bits per heavy atom. The smallest absolute Gasteiger partial charge is 0.245 e. The predicted molar refractivity (Wildman–Crippen MR) is 102 cm³/mol. The molecule has 1 unspecified atom stereocenters. The number of amides is 2. The molecule has 1 aliphatic heterocycles. The van der Waals surface area contributed by atoms with Crippen LogP contribution in [0.1, 0.15) is 12.0 Å². The molecule has 1 N–H and O–H groups in total. The minimum atomic E-state index is -0.430. The fraction of sp³-hybridized carbons (Fsp3) is 0.250. The topological polar surface area (TPSA) is 80.2 Å². The molecule has 27 heavy (non-hydrogen) atoms. The van der Waals surface area contributed by atoms with Crippen LogP contribution in [0.15, 0.2) is 53.6 Å². The summed E-state index contributed by atoms with van der Waals surface area (Å²) in [6.07, 6.45) is 1.69. The third-order valence-electron chi connectivity index (χ3n) is 4.36. The number of nitrogens with zero attached hydrogens (tertiary/aromatic N) is 2. The second kappa shape index (κ2) is 8.35. The predicted octanol–water partition coefficient (Wildman–Crippen LogP) is 2.21. The van der Waals surface area contributed by atoms with E-state index in [1.807, 2.05) is 30.3 Å². The van der Waals surface area contributed by atoms with Gasteiger partial charge in [-0.05, 0) is 35.9 Å². The molecule has 2 aromatic carbocycles. The number of carbonyl (C=O) groups is 2. The number of hydrogen-bond acceptors (Lipinski definition) is 5. The van der Waals surface area contributed by atoms with E-state index in [4.69, 9.17) is 9.47 Å². The van der Waals surface area contributed by atoms with Gasteiger partial charge in [-0.2, -0.15) is 5.10 Å². The summed E-state index contributed by atoms with van der Waals surface area (Å²) in [4.78, 5) is 26.2. The van der Waals surface area contributed by atoms with Gasteiger partial charge in [0.1, 0.15) is 0 Å². The molecule has 3 rings (SSSR count). The Labute approximate surface area is 157 Å². The summed E-state index contributed by atoms with van der Waals surface area (Å²) in [6, 6.07) is 14.6. The molecule has 0 spiro atoms. The highest BCUT2D eigenvalue weighted by Gasteiger charge is 2.34. The van der Waals surface area contributed by atoms with Crippen LogP contribution < -0.4 is 19.8 Å². The standard InChI is InChI=1S/C20H21N3O4/c1-26-17-9-8-14(10-18(17)27-2)12-21-22-20(25)15-11-19(24)23(13-15)16-6-4-3-5-7-16/h3-10,12,15H,11,13H2,1-2H3,(H,22,25). The summed E-state index contributed by atoms with van der Waals surface area (Å²) >= 11 is 0. The Bertz CT molecular complexity index is 852. The molecule has 2 amide bonds. The number of methoxy groups -OCH3 is 2. The van der Waals surface area contributed by atoms with E-state index >= 15 is 0 Å². The van der Waals surface area contributed by atoms with Crippen molar-refractivity contribution in [3.05, 3.63) is 54.1 Å². The maximum absolute atomic E-state index is 12.3. The molecule has 140 valence electrons. The number of benzene rings is 2. The number of anilines is 1. The minimum absolute atomic E-state index is 0.0646. The second-order valence-corrected chi connectivity index (χ2v) is 6.09. The van der Waals surface area contributed by atoms with Crippen molar-refractivity contribution in [3.8, 4) is 11.5 Å². The number of carbonyl (C=O) groups excluding carboxylic acids is 2. The zero-order valence-electron chi connectivity index (χ0n) is 15.2. The van der Waals surface area contributed by atoms with Gasteiger partial charge in [0, 0.05) is 18.7 Å². The summed E-state index contributed by atoms with van der Waals surface area (Å²) < 4.78 is 10.4. The summed E-state index contributed by atoms with van der Waals surface area (Å²) in [5, 5.41) is 3.99. The molecule has 1 atom stereocenters. The maximum Gasteiger partial charge on any atom is 0.245 e. The summed E-state index contributed by atoms with van der Waals surface area (Å²) in [5.41, 5.74) is 4.06. The average molecular weight is 367 g/mol. The third-order valence-corrected chi connectivity index (χ3v) is 4.36. The highest BCUT2D eigenvalue weighted by atomic mass is 16.5. The fourth-order valence-electron chi connectivity index (χ4n) is 2.94. The van der Waals surface area contributed by atoms with Crippen LogP contribution in [0.4, 0.5) is 5.69 Å². The minimum Gasteiger partial charge on any atom is -0.493 e. The Morgan fingerprint density at radius 2 is 1.89 bits per heavy atom. The van der Waals surface area contributed by atoms with Crippen LogP contribution in [-0.2, 0) is 9.59 Å². The van der Waals surface area contributed by atoms with Crippen LogP contribution in [0, 0.1) is 5.92 Å². The summed E-state index contributed by atoms with van der Waals surface area (Å²) in [5.74, 6) is 0.417. The van der Waals surface area contributed by atoms with Crippen LogP contribution in [0.2, 0.25) is 0 Å². The second-order valence-electron chi connectivity index (χ2n) is 6.09. The average Bonchev–Trinajstić information content (AvgIpc) is 3.10. The van der Waals surface area contributed by atoms with Crippen LogP contribution in [0.3, 0.4) is 0 Å². The van der Waals surface area contributed by atoms with Crippen molar-refractivity contribution in [2.45, 2.75) is 6.42 Å². The largest absolute Gasteiger partial charge is 0.493 e. The van der Waals surface area contributed by atoms with Crippen LogP contribution in [0.5, 0.6) is 11.5 Å². The van der Waals surface area contributed by atoms with Gasteiger partial charge in [0.25, 0.3) is 0 Å². The van der Waals surface area contributed by atoms with E-state index in [2.05, 4.69) is 10.5 Å². The lowest BCUT2D eigenvalue weighted by molar-refractivity contribution is -0.126. The highest BCUT2D eigenvalue weighted by Crippen LogP contribution is 2.27. The maximum atomic E-state index is 12.3. The number of hydrazone groups is 1. The number of ether oxygens (including phenoxy) is 2. The highest BCUT2D eigenvalue weighted by molar-refractivity contribution is 6.00. The lowest BCUT2D eigenvalue weighted by Crippen LogP contribution is -2.30. The number of hydrogen-bond donors (Lipinski definition) is 1. The third kappa shape index (κ3) is 4.25. The molecule has 2 aromatic rings. The number of rotatable bonds is 6. The number of para-hydroxylation sites is 1. The van der Waals surface area contributed by atoms with E-state index in [0.717, 1.165) is 11.3 Å². The van der Waals surface area contributed by atoms with Crippen molar-refractivity contribution < 1.29 is 19.1 Å². The van der Waals surface area contributed by atoms with Gasteiger partial charge in [-0.15, -0.1) is 0 Å². The first kappa shape index (κ1) is 18.4. The normalized spacial score (nSPS) is 16.6. The first-order valence-electron chi connectivity index (χ1n) is 8.52. The van der Waals surface area contributed by atoms with Crippen molar-refractivity contribution in [2.24, 2.45) is 11.0 Å². The molecule has 1 fully saturated rings. The molecular weight excluding hydrogens is 346 g/mol. The van der Waals surface area contributed by atoms with Crippen LogP contribution in [0.25, 0.3) is 0 Å². The van der Waals surface area contributed by atoms with E-state index < -0.39 is 5.92 Å². The van der Waals surface area contributed by atoms with Gasteiger partial charge in [0.2, 0.25) is 11.8 Å². The van der Waals surface area contributed by atoms with Gasteiger partial charge in [-0.25, -0.2) is 5.43 Å². The van der Waals surface area contributed by atoms with E-state index in [9.17, 15) is 9.59 Å². The molecule has 1 heterocycles. The molecular formula is C20H21N3O4. The molecule has 7 nitrogen and oxygen atoms in total. The summed E-state index contributed by atoms with van der Waals surface area (Å²) in [7, 11) is 3.11. The number of nitrogens with one attached hydrogen (secondary N) is 1. The van der Waals surface area contributed by atoms with Crippen LogP contribution >= 0.6 is 0 Å². The van der Waals surface area contributed by atoms with Gasteiger partial charge < -0.3 is 14.4 Å². The lowest BCUT2D eigenvalue weighted by Gasteiger charge is -2.16. The molecule has 7 heteroatoms. The van der Waals surface area contributed by atoms with Gasteiger partial charge >= 0.3 is 0 Å². The zero-order chi connectivity index (χ0) is 19.2. The molecule has 1 aliphatic rings. The molecule has 0 aliphatic carbocycles. The summed E-state index contributed by atoms with van der Waals surface area (Å²) in [6.45, 7) is 0.348. The van der Waals surface area contributed by atoms with E-state index in [1.54, 1.807) is 37.3 Å². The van der Waals surface area contributed by atoms with Gasteiger partial charge in [0.15, 0.2) is 11.5 Å². The Morgan fingerprint density at radius 3 is 2.59 bits per heavy atom. The zero-order valence-corrected chi connectivity index (χ0v) is 15.2. The lowest BCUT2D eigenvalue weighted by atomic mass is 10.1. The van der Waals surface area contributed by atoms with Crippen molar-refractivity contribution in [2.75, 3.05) is 25.7 Å². The van der Waals surface area contributed by atoms with E-state index in [0.29, 0.717) is 18.0 Å². The Hall–Kier alpha value is -3.35. The molecule has 0 aromatic heterocycles. The van der Waals surface area contributed by atoms with Crippen molar-refractivity contribution in [1.29, 1.82) is 0 Å². The van der Waals surface area contributed by atoms with Crippen molar-refractivity contribution >= 4 is 23.7 Å². The van der Waals surface area contributed by atoms with Gasteiger partial charge in [0.05, 0.1) is 26.4 Å². The first-order chi connectivity index (χ1) is 13.1. The first-order valence-corrected chi connectivity index (χ1v) is 8.52. The van der Waals surface area contributed by atoms with Crippen molar-refractivity contribution in [3.63, 3.8) is 0 Å². The Balaban J connectivity index is 1.60. The van der Waals surface area contributed by atoms with E-state index in [1.165, 1.54) is 6.21 Å². The molecule has 0 bridgehead atoms. The fourth-order valence-corrected chi connectivity index (χ4v) is 2.94. The molecule has 0 saturated carbocycles. The SMILES string of the molecule is COc1ccc(C=NNC(=O)C2CC(=O)N(c3ccccc3)C2)cc1OC. The molecule has 0 radical (unpaired) electrons. The van der Waals surface area contributed by atoms with E-state index in [-0.39, 0.29) is 18.2 Å². The Kier molecular flexibility index (Phi) is 5.71. The van der Waals surface area contributed by atoms with Crippen LogP contribution in [-0.4, -0.2) is 38.8 Å². The van der Waals surface area contributed by atoms with Crippen molar-refractivity contribution in [1.82, 2.24) is 5.43 Å². The molecule has 1 saturated heterocycles. The van der Waals surface area contributed by atoms with Gasteiger partial charge in [-0.3, -0.25) is 9.59 Å².